The number of hydrogen-bond donors (Lipinski definition) is 5. The molecule has 0 fully saturated rings. The first-order valence-corrected chi connectivity index (χ1v) is 7.05. The maximum Gasteiger partial charge on any atom is 0.221 e. The Morgan fingerprint density at radius 2 is 1.84 bits per heavy atom. The van der Waals surface area contributed by atoms with Crippen LogP contribution in [0.25, 0.3) is 0 Å². The molecule has 1 unspecified atom stereocenters. The normalized spacial score (nSPS) is 14.1. The van der Waals surface area contributed by atoms with Gasteiger partial charge in [0.05, 0.1) is 6.10 Å². The lowest BCUT2D eigenvalue weighted by atomic mass is 10.1. The number of rotatable bonds is 12. The number of unbranched alkanes of at least 4 members (excludes halogenated alkanes) is 1. The Morgan fingerprint density at radius 1 is 1.11 bits per heavy atom. The van der Waals surface area contributed by atoms with Gasteiger partial charge in [0, 0.05) is 25.6 Å². The molecular weight excluding hydrogens is 244 g/mol. The molecule has 0 rings (SSSR count). The summed E-state index contributed by atoms with van der Waals surface area (Å²) < 4.78 is 0. The summed E-state index contributed by atoms with van der Waals surface area (Å²) in [6.45, 7) is 1.80. The van der Waals surface area contributed by atoms with Gasteiger partial charge in [-0.3, -0.25) is 4.79 Å². The van der Waals surface area contributed by atoms with Crippen LogP contribution in [0.4, 0.5) is 0 Å². The van der Waals surface area contributed by atoms with Crippen molar-refractivity contribution in [3.8, 4) is 0 Å². The fraction of sp³-hybridized carbons (Fsp3) is 0.923. The van der Waals surface area contributed by atoms with Crippen LogP contribution in [0.15, 0.2) is 0 Å². The molecule has 0 aromatic heterocycles. The number of hydrogen-bond acceptors (Lipinski definition) is 5. The van der Waals surface area contributed by atoms with E-state index in [9.17, 15) is 9.90 Å². The lowest BCUT2D eigenvalue weighted by Crippen LogP contribution is -2.40. The van der Waals surface area contributed by atoms with Crippen LogP contribution >= 0.6 is 0 Å². The van der Waals surface area contributed by atoms with Crippen LogP contribution in [0.3, 0.4) is 0 Å². The van der Waals surface area contributed by atoms with Gasteiger partial charge in [-0.05, 0) is 40.5 Å². The second-order valence-corrected chi connectivity index (χ2v) is 4.80. The van der Waals surface area contributed by atoms with E-state index in [1.807, 2.05) is 14.1 Å². The van der Waals surface area contributed by atoms with E-state index in [4.69, 9.17) is 0 Å². The zero-order chi connectivity index (χ0) is 14.5. The summed E-state index contributed by atoms with van der Waals surface area (Å²) in [5, 5.41) is 21.4. The summed E-state index contributed by atoms with van der Waals surface area (Å²) in [5.74, 6) is -0.0110. The summed E-state index contributed by atoms with van der Waals surface area (Å²) in [5.41, 5.74) is 0. The van der Waals surface area contributed by atoms with Crippen molar-refractivity contribution < 1.29 is 9.90 Å². The monoisotopic (exact) mass is 274 g/mol. The van der Waals surface area contributed by atoms with Crippen molar-refractivity contribution >= 4 is 5.91 Å². The van der Waals surface area contributed by atoms with Crippen LogP contribution in [0.1, 0.15) is 25.7 Å². The van der Waals surface area contributed by atoms with E-state index in [0.717, 1.165) is 25.8 Å². The Kier molecular flexibility index (Phi) is 11.9. The minimum absolute atomic E-state index is 0.0110. The lowest BCUT2D eigenvalue weighted by molar-refractivity contribution is -0.122. The number of carbonyl (C=O) groups is 1. The molecular formula is C13H30N4O2. The summed E-state index contributed by atoms with van der Waals surface area (Å²) in [4.78, 5) is 11.7. The Labute approximate surface area is 116 Å². The van der Waals surface area contributed by atoms with Crippen LogP contribution in [-0.4, -0.2) is 63.9 Å². The Morgan fingerprint density at radius 3 is 2.42 bits per heavy atom. The number of likely N-dealkylation sites (N-methyl/N-ethyl adjacent to an activating group) is 1. The molecule has 0 aliphatic rings. The minimum Gasteiger partial charge on any atom is -0.390 e. The third-order valence-corrected chi connectivity index (χ3v) is 3.04. The van der Waals surface area contributed by atoms with Gasteiger partial charge >= 0.3 is 0 Å². The van der Waals surface area contributed by atoms with Gasteiger partial charge in [0.15, 0.2) is 0 Å². The third-order valence-electron chi connectivity index (χ3n) is 3.04. The van der Waals surface area contributed by atoms with Crippen LogP contribution in [0.5, 0.6) is 0 Å². The molecule has 0 aliphatic carbocycles. The molecule has 0 heterocycles. The number of nitrogens with one attached hydrogen (secondary N) is 4. The number of amides is 1. The Hall–Kier alpha value is -0.690. The topological polar surface area (TPSA) is 85.4 Å². The maximum atomic E-state index is 11.7. The van der Waals surface area contributed by atoms with Crippen molar-refractivity contribution in [2.75, 3.05) is 40.8 Å². The third kappa shape index (κ3) is 10.9. The Balaban J connectivity index is 3.74. The van der Waals surface area contributed by atoms with E-state index in [0.29, 0.717) is 19.5 Å². The number of aliphatic hydroxyl groups is 1. The summed E-state index contributed by atoms with van der Waals surface area (Å²) in [6.07, 6.45) is 3.14. The zero-order valence-corrected chi connectivity index (χ0v) is 12.5. The molecule has 5 N–H and O–H groups in total. The molecule has 0 saturated heterocycles. The van der Waals surface area contributed by atoms with Crippen molar-refractivity contribution in [2.45, 2.75) is 37.8 Å². The fourth-order valence-electron chi connectivity index (χ4n) is 1.88. The molecule has 6 nitrogen and oxygen atoms in total. The van der Waals surface area contributed by atoms with Gasteiger partial charge < -0.3 is 26.4 Å². The lowest BCUT2D eigenvalue weighted by Gasteiger charge is -2.17. The predicted octanol–water partition coefficient (Wildman–Crippen LogP) is -0.949. The van der Waals surface area contributed by atoms with E-state index in [1.54, 1.807) is 7.05 Å². The first kappa shape index (κ1) is 18.3. The summed E-state index contributed by atoms with van der Waals surface area (Å²) in [7, 11) is 5.60. The quantitative estimate of drug-likeness (QED) is 0.296. The number of aliphatic hydroxyl groups excluding tert-OH is 1. The van der Waals surface area contributed by atoms with Crippen LogP contribution in [-0.2, 0) is 4.79 Å². The van der Waals surface area contributed by atoms with Crippen LogP contribution < -0.4 is 21.3 Å². The van der Waals surface area contributed by atoms with Crippen molar-refractivity contribution in [1.82, 2.24) is 21.3 Å². The molecule has 0 saturated carbocycles. The molecule has 6 heteroatoms. The van der Waals surface area contributed by atoms with Crippen molar-refractivity contribution in [2.24, 2.45) is 0 Å². The van der Waals surface area contributed by atoms with E-state index < -0.39 is 6.10 Å². The highest BCUT2D eigenvalue weighted by Gasteiger charge is 2.12. The molecule has 0 aromatic carbocycles. The number of carbonyl (C=O) groups excluding carboxylic acids is 1. The largest absolute Gasteiger partial charge is 0.390 e. The van der Waals surface area contributed by atoms with E-state index in [1.165, 1.54) is 0 Å². The van der Waals surface area contributed by atoms with Crippen LogP contribution in [0.2, 0.25) is 0 Å². The van der Waals surface area contributed by atoms with Gasteiger partial charge in [0.1, 0.15) is 0 Å². The molecule has 0 aromatic rings. The van der Waals surface area contributed by atoms with Gasteiger partial charge in [-0.25, -0.2) is 0 Å². The minimum atomic E-state index is -0.530. The smallest absolute Gasteiger partial charge is 0.221 e. The molecule has 0 radical (unpaired) electrons. The van der Waals surface area contributed by atoms with Crippen molar-refractivity contribution in [3.05, 3.63) is 0 Å². The molecule has 0 spiro atoms. The van der Waals surface area contributed by atoms with Crippen molar-refractivity contribution in [3.63, 3.8) is 0 Å². The maximum absolute atomic E-state index is 11.7. The van der Waals surface area contributed by atoms with Gasteiger partial charge in [-0.15, -0.1) is 0 Å². The molecule has 0 aliphatic heterocycles. The van der Waals surface area contributed by atoms with Gasteiger partial charge in [0.25, 0.3) is 0 Å². The second-order valence-electron chi connectivity index (χ2n) is 4.80. The predicted molar refractivity (Wildman–Crippen MR) is 78.2 cm³/mol. The second kappa shape index (κ2) is 12.3. The first-order chi connectivity index (χ1) is 9.13. The zero-order valence-electron chi connectivity index (χ0n) is 12.5. The highest BCUT2D eigenvalue weighted by molar-refractivity contribution is 5.76. The van der Waals surface area contributed by atoms with Gasteiger partial charge in [-0.2, -0.15) is 0 Å². The molecule has 1 amide bonds. The first-order valence-electron chi connectivity index (χ1n) is 7.05. The van der Waals surface area contributed by atoms with E-state index in [-0.39, 0.29) is 11.9 Å². The average molecular weight is 274 g/mol. The molecule has 114 valence electrons. The van der Waals surface area contributed by atoms with Crippen molar-refractivity contribution in [1.29, 1.82) is 0 Å². The highest BCUT2D eigenvalue weighted by Crippen LogP contribution is 2.04. The summed E-state index contributed by atoms with van der Waals surface area (Å²) in [6, 6.07) is 0.207. The fourth-order valence-corrected chi connectivity index (χ4v) is 1.88. The van der Waals surface area contributed by atoms with E-state index >= 15 is 0 Å². The standard InChI is InChI=1S/C13H30N4O2/c1-14-7-5-4-6-11(16-3)8-13(19)17-10-12(18)9-15-2/h11-12,14-16,18H,4-10H2,1-3H3,(H,17,19)/t11-,12?/m0/s1. The van der Waals surface area contributed by atoms with Gasteiger partial charge in [0.2, 0.25) is 5.91 Å². The van der Waals surface area contributed by atoms with Gasteiger partial charge in [-0.1, -0.05) is 6.42 Å². The van der Waals surface area contributed by atoms with Crippen LogP contribution in [0, 0.1) is 0 Å². The highest BCUT2D eigenvalue weighted by atomic mass is 16.3. The SMILES string of the molecule is CNCCCC[C@@H](CC(=O)NCC(O)CNC)NC. The molecule has 19 heavy (non-hydrogen) atoms. The van der Waals surface area contributed by atoms with E-state index in [2.05, 4.69) is 21.3 Å². The summed E-state index contributed by atoms with van der Waals surface area (Å²) >= 11 is 0. The molecule has 0 bridgehead atoms. The Bertz CT molecular complexity index is 227. The average Bonchev–Trinajstić information content (AvgIpc) is 2.40. The molecule has 2 atom stereocenters.